The number of aromatic amines is 1. The van der Waals surface area contributed by atoms with Gasteiger partial charge in [-0.15, -0.1) is 0 Å². The van der Waals surface area contributed by atoms with Gasteiger partial charge in [-0.2, -0.15) is 5.10 Å². The average molecular weight is 287 g/mol. The highest BCUT2D eigenvalue weighted by Crippen LogP contribution is 2.25. The van der Waals surface area contributed by atoms with Crippen molar-refractivity contribution in [1.82, 2.24) is 15.2 Å². The van der Waals surface area contributed by atoms with Crippen LogP contribution in [0.25, 0.3) is 22.2 Å². The fraction of sp³-hybridized carbons (Fsp3) is 0.0714. The Morgan fingerprint density at radius 2 is 2.00 bits per heavy atom. The number of aromatic nitrogens is 3. The van der Waals surface area contributed by atoms with Gasteiger partial charge in [0, 0.05) is 11.8 Å². The van der Waals surface area contributed by atoms with Crippen LogP contribution in [0.3, 0.4) is 0 Å². The minimum Gasteiger partial charge on any atom is -0.369 e. The molecular formula is C14H11ClN4O. The van der Waals surface area contributed by atoms with Crippen molar-refractivity contribution in [3.8, 4) is 11.1 Å². The van der Waals surface area contributed by atoms with E-state index in [2.05, 4.69) is 15.2 Å². The van der Waals surface area contributed by atoms with Gasteiger partial charge in [-0.1, -0.05) is 35.9 Å². The molecule has 100 valence electrons. The lowest BCUT2D eigenvalue weighted by Gasteiger charge is -2.03. The molecule has 0 saturated heterocycles. The number of primary amides is 1. The van der Waals surface area contributed by atoms with E-state index in [0.717, 1.165) is 22.1 Å². The Balaban J connectivity index is 1.97. The van der Waals surface area contributed by atoms with Crippen LogP contribution in [0.4, 0.5) is 0 Å². The molecule has 3 aromatic rings. The number of halogens is 1. The quantitative estimate of drug-likeness (QED) is 0.775. The third-order valence-electron chi connectivity index (χ3n) is 3.03. The number of amides is 1. The number of H-pyrrole nitrogens is 1. The van der Waals surface area contributed by atoms with Crippen LogP contribution < -0.4 is 5.73 Å². The van der Waals surface area contributed by atoms with Crippen LogP contribution in [0.5, 0.6) is 0 Å². The second-order valence-corrected chi connectivity index (χ2v) is 4.85. The summed E-state index contributed by atoms with van der Waals surface area (Å²) in [6.45, 7) is 0. The molecule has 0 saturated carbocycles. The van der Waals surface area contributed by atoms with Gasteiger partial charge in [-0.05, 0) is 17.2 Å². The molecule has 2 aromatic heterocycles. The Kier molecular flexibility index (Phi) is 3.12. The molecule has 0 aliphatic carbocycles. The Hall–Kier alpha value is -2.40. The van der Waals surface area contributed by atoms with Crippen molar-refractivity contribution < 1.29 is 4.79 Å². The number of nitrogens with two attached hydrogens (primary N) is 1. The molecule has 0 aliphatic heterocycles. The molecule has 1 amide bonds. The number of fused-ring (bicyclic) bond motifs is 1. The first-order valence-electron chi connectivity index (χ1n) is 6.01. The van der Waals surface area contributed by atoms with E-state index in [4.69, 9.17) is 17.3 Å². The van der Waals surface area contributed by atoms with Gasteiger partial charge in [0.05, 0.1) is 11.8 Å². The highest BCUT2D eigenvalue weighted by molar-refractivity contribution is 6.34. The molecule has 3 N–H and O–H groups in total. The van der Waals surface area contributed by atoms with E-state index in [0.29, 0.717) is 10.8 Å². The number of pyridine rings is 1. The Morgan fingerprint density at radius 3 is 2.70 bits per heavy atom. The van der Waals surface area contributed by atoms with Crippen LogP contribution in [0.1, 0.15) is 5.56 Å². The molecule has 0 atom stereocenters. The number of rotatable bonds is 3. The third kappa shape index (κ3) is 2.35. The maximum atomic E-state index is 10.9. The fourth-order valence-electron chi connectivity index (χ4n) is 2.04. The lowest BCUT2D eigenvalue weighted by molar-refractivity contribution is -0.117. The van der Waals surface area contributed by atoms with Crippen molar-refractivity contribution in [2.45, 2.75) is 6.42 Å². The van der Waals surface area contributed by atoms with Crippen LogP contribution in [0.2, 0.25) is 5.15 Å². The molecule has 6 heteroatoms. The number of benzene rings is 1. The van der Waals surface area contributed by atoms with Crippen LogP contribution in [-0.2, 0) is 11.2 Å². The zero-order valence-electron chi connectivity index (χ0n) is 10.4. The molecule has 0 bridgehead atoms. The Morgan fingerprint density at radius 1 is 1.25 bits per heavy atom. The summed E-state index contributed by atoms with van der Waals surface area (Å²) in [5, 5.41) is 7.92. The van der Waals surface area contributed by atoms with E-state index in [9.17, 15) is 4.79 Å². The van der Waals surface area contributed by atoms with Gasteiger partial charge in [-0.3, -0.25) is 9.89 Å². The van der Waals surface area contributed by atoms with Gasteiger partial charge in [0.1, 0.15) is 5.15 Å². The van der Waals surface area contributed by atoms with Crippen molar-refractivity contribution in [3.63, 3.8) is 0 Å². The number of hydrogen-bond donors (Lipinski definition) is 2. The highest BCUT2D eigenvalue weighted by Gasteiger charge is 2.07. The SMILES string of the molecule is NC(=O)Cc1ccc(-c2cnc3n[nH]c(Cl)c3c2)cc1. The number of carbonyl (C=O) groups is 1. The molecule has 0 radical (unpaired) electrons. The first kappa shape index (κ1) is 12.6. The Labute approximate surface area is 119 Å². The number of nitrogens with one attached hydrogen (secondary N) is 1. The normalized spacial score (nSPS) is 10.8. The predicted octanol–water partition coefficient (Wildman–Crippen LogP) is 2.31. The lowest BCUT2D eigenvalue weighted by atomic mass is 10.0. The number of carbonyl (C=O) groups excluding carboxylic acids is 1. The summed E-state index contributed by atoms with van der Waals surface area (Å²) in [4.78, 5) is 15.1. The number of hydrogen-bond acceptors (Lipinski definition) is 3. The standard InChI is InChI=1S/C14H11ClN4O/c15-13-11-6-10(7-17-14(11)19-18-13)9-3-1-8(2-4-9)5-12(16)20/h1-4,6-7H,5H2,(H2,16,20)(H,17,18,19). The summed E-state index contributed by atoms with van der Waals surface area (Å²) in [6, 6.07) is 9.53. The molecule has 5 nitrogen and oxygen atoms in total. The molecular weight excluding hydrogens is 276 g/mol. The largest absolute Gasteiger partial charge is 0.369 e. The molecule has 0 fully saturated rings. The van der Waals surface area contributed by atoms with E-state index in [-0.39, 0.29) is 12.3 Å². The zero-order valence-corrected chi connectivity index (χ0v) is 11.2. The summed E-state index contributed by atoms with van der Waals surface area (Å²) in [7, 11) is 0. The molecule has 2 heterocycles. The van der Waals surface area contributed by atoms with E-state index in [1.807, 2.05) is 30.3 Å². The molecule has 20 heavy (non-hydrogen) atoms. The monoisotopic (exact) mass is 286 g/mol. The van der Waals surface area contributed by atoms with Gasteiger partial charge >= 0.3 is 0 Å². The molecule has 3 rings (SSSR count). The van der Waals surface area contributed by atoms with Crippen molar-refractivity contribution in [2.75, 3.05) is 0 Å². The van der Waals surface area contributed by atoms with Crippen LogP contribution in [0.15, 0.2) is 36.5 Å². The Bertz CT molecular complexity index is 779. The minimum atomic E-state index is -0.342. The zero-order chi connectivity index (χ0) is 14.1. The topological polar surface area (TPSA) is 84.7 Å². The third-order valence-corrected chi connectivity index (χ3v) is 3.32. The summed E-state index contributed by atoms with van der Waals surface area (Å²) in [5.41, 5.74) is 8.57. The van der Waals surface area contributed by atoms with Gasteiger partial charge in [-0.25, -0.2) is 4.98 Å². The van der Waals surface area contributed by atoms with E-state index >= 15 is 0 Å². The van der Waals surface area contributed by atoms with E-state index in [1.54, 1.807) is 6.20 Å². The second kappa shape index (κ2) is 4.94. The van der Waals surface area contributed by atoms with E-state index in [1.165, 1.54) is 0 Å². The van der Waals surface area contributed by atoms with Crippen molar-refractivity contribution in [3.05, 3.63) is 47.2 Å². The maximum absolute atomic E-state index is 10.9. The number of nitrogens with zero attached hydrogens (tertiary/aromatic N) is 2. The van der Waals surface area contributed by atoms with Crippen molar-refractivity contribution in [1.29, 1.82) is 0 Å². The molecule has 1 aromatic carbocycles. The van der Waals surface area contributed by atoms with Crippen molar-refractivity contribution in [2.24, 2.45) is 5.73 Å². The summed E-state index contributed by atoms with van der Waals surface area (Å²) in [6.07, 6.45) is 1.98. The van der Waals surface area contributed by atoms with Gasteiger partial charge in [0.25, 0.3) is 0 Å². The summed E-state index contributed by atoms with van der Waals surface area (Å²) in [5.74, 6) is -0.342. The van der Waals surface area contributed by atoms with Gasteiger partial charge < -0.3 is 5.73 Å². The van der Waals surface area contributed by atoms with Gasteiger partial charge in [0.2, 0.25) is 5.91 Å². The average Bonchev–Trinajstić information content (AvgIpc) is 2.80. The van der Waals surface area contributed by atoms with Crippen LogP contribution in [-0.4, -0.2) is 21.1 Å². The van der Waals surface area contributed by atoms with Crippen LogP contribution >= 0.6 is 11.6 Å². The second-order valence-electron chi connectivity index (χ2n) is 4.47. The smallest absolute Gasteiger partial charge is 0.221 e. The molecule has 0 spiro atoms. The molecule has 0 unspecified atom stereocenters. The summed E-state index contributed by atoms with van der Waals surface area (Å²) >= 11 is 6.01. The van der Waals surface area contributed by atoms with Crippen molar-refractivity contribution >= 4 is 28.5 Å². The van der Waals surface area contributed by atoms with Crippen LogP contribution in [0, 0.1) is 0 Å². The summed E-state index contributed by atoms with van der Waals surface area (Å²) < 4.78 is 0. The molecule has 0 aliphatic rings. The first-order valence-corrected chi connectivity index (χ1v) is 6.38. The highest BCUT2D eigenvalue weighted by atomic mass is 35.5. The maximum Gasteiger partial charge on any atom is 0.221 e. The predicted molar refractivity (Wildman–Crippen MR) is 77.2 cm³/mol. The van der Waals surface area contributed by atoms with E-state index < -0.39 is 0 Å². The first-order chi connectivity index (χ1) is 9.63. The lowest BCUT2D eigenvalue weighted by Crippen LogP contribution is -2.13. The van der Waals surface area contributed by atoms with Gasteiger partial charge in [0.15, 0.2) is 5.65 Å². The fourth-order valence-corrected chi connectivity index (χ4v) is 2.23. The minimum absolute atomic E-state index is 0.241.